The molecule has 0 unspecified atom stereocenters. The van der Waals surface area contributed by atoms with Crippen LogP contribution in [-0.4, -0.2) is 9.55 Å². The smallest absolute Gasteiger partial charge is 0.297 e. The van der Waals surface area contributed by atoms with E-state index in [-0.39, 0.29) is 11.7 Å². The molecule has 66 valence electrons. The first-order chi connectivity index (χ1) is 5.52. The van der Waals surface area contributed by atoms with E-state index in [2.05, 4.69) is 20.9 Å². The standard InChI is InChI=1S/C7H9BrN2O2/c1-4(2)10-3-5(8)6(11)9-7(10)12/h3-4H,1-2H3,(H,9,11,12). The van der Waals surface area contributed by atoms with Crippen LogP contribution in [0.5, 0.6) is 0 Å². The molecule has 0 fully saturated rings. The molecule has 0 aliphatic rings. The molecule has 0 spiro atoms. The molecular weight excluding hydrogens is 224 g/mol. The van der Waals surface area contributed by atoms with Crippen LogP contribution in [0.4, 0.5) is 0 Å². The number of nitrogens with zero attached hydrogens (tertiary/aromatic N) is 1. The predicted octanol–water partition coefficient (Wildman–Crippen LogP) is 0.880. The maximum absolute atomic E-state index is 11.1. The van der Waals surface area contributed by atoms with E-state index >= 15 is 0 Å². The lowest BCUT2D eigenvalue weighted by Gasteiger charge is -2.07. The zero-order valence-electron chi connectivity index (χ0n) is 6.80. The average molecular weight is 233 g/mol. The van der Waals surface area contributed by atoms with Gasteiger partial charge in [-0.25, -0.2) is 4.79 Å². The van der Waals surface area contributed by atoms with Crippen molar-refractivity contribution in [2.45, 2.75) is 19.9 Å². The van der Waals surface area contributed by atoms with Crippen LogP contribution in [-0.2, 0) is 0 Å². The Kier molecular flexibility index (Phi) is 2.52. The van der Waals surface area contributed by atoms with E-state index in [1.807, 2.05) is 13.8 Å². The van der Waals surface area contributed by atoms with Gasteiger partial charge in [-0.05, 0) is 29.8 Å². The highest BCUT2D eigenvalue weighted by Gasteiger charge is 2.03. The number of aromatic amines is 1. The van der Waals surface area contributed by atoms with Gasteiger partial charge in [-0.15, -0.1) is 0 Å². The van der Waals surface area contributed by atoms with Gasteiger partial charge in [-0.1, -0.05) is 0 Å². The lowest BCUT2D eigenvalue weighted by Crippen LogP contribution is -2.30. The summed E-state index contributed by atoms with van der Waals surface area (Å²) in [4.78, 5) is 24.2. The molecule has 1 N–H and O–H groups in total. The van der Waals surface area contributed by atoms with Gasteiger partial charge >= 0.3 is 5.69 Å². The molecule has 0 bridgehead atoms. The summed E-state index contributed by atoms with van der Waals surface area (Å²) in [6.45, 7) is 3.73. The second kappa shape index (κ2) is 3.26. The summed E-state index contributed by atoms with van der Waals surface area (Å²) in [6, 6.07) is 0.0469. The summed E-state index contributed by atoms with van der Waals surface area (Å²) in [5.74, 6) is 0. The Balaban J connectivity index is 3.44. The minimum Gasteiger partial charge on any atom is -0.297 e. The fourth-order valence-electron chi connectivity index (χ4n) is 0.844. The molecule has 12 heavy (non-hydrogen) atoms. The van der Waals surface area contributed by atoms with Gasteiger partial charge in [0.1, 0.15) is 0 Å². The number of halogens is 1. The zero-order chi connectivity index (χ0) is 9.30. The lowest BCUT2D eigenvalue weighted by atomic mass is 10.4. The fourth-order valence-corrected chi connectivity index (χ4v) is 1.16. The van der Waals surface area contributed by atoms with Crippen LogP contribution in [0, 0.1) is 0 Å². The van der Waals surface area contributed by atoms with Gasteiger partial charge in [0.15, 0.2) is 0 Å². The first-order valence-corrected chi connectivity index (χ1v) is 4.32. The van der Waals surface area contributed by atoms with Gasteiger partial charge in [0.05, 0.1) is 4.47 Å². The largest absolute Gasteiger partial charge is 0.328 e. The van der Waals surface area contributed by atoms with Gasteiger partial charge < -0.3 is 0 Å². The van der Waals surface area contributed by atoms with Crippen molar-refractivity contribution in [1.82, 2.24) is 9.55 Å². The molecule has 0 atom stereocenters. The number of rotatable bonds is 1. The Morgan fingerprint density at radius 3 is 2.58 bits per heavy atom. The molecule has 0 radical (unpaired) electrons. The van der Waals surface area contributed by atoms with Crippen molar-refractivity contribution in [1.29, 1.82) is 0 Å². The first-order valence-electron chi connectivity index (χ1n) is 3.53. The van der Waals surface area contributed by atoms with Crippen LogP contribution >= 0.6 is 15.9 Å². The van der Waals surface area contributed by atoms with E-state index in [9.17, 15) is 9.59 Å². The molecule has 0 saturated carbocycles. The van der Waals surface area contributed by atoms with Crippen molar-refractivity contribution in [3.8, 4) is 0 Å². The molecule has 4 nitrogen and oxygen atoms in total. The molecular formula is C7H9BrN2O2. The van der Waals surface area contributed by atoms with E-state index in [0.29, 0.717) is 4.47 Å². The molecule has 1 aromatic rings. The Bertz CT molecular complexity index is 391. The van der Waals surface area contributed by atoms with Gasteiger partial charge in [-0.2, -0.15) is 0 Å². The molecule has 1 heterocycles. The molecule has 5 heteroatoms. The number of H-pyrrole nitrogens is 1. The summed E-state index contributed by atoms with van der Waals surface area (Å²) in [7, 11) is 0. The van der Waals surface area contributed by atoms with Crippen LogP contribution in [0.2, 0.25) is 0 Å². The first kappa shape index (κ1) is 9.25. The third-order valence-corrected chi connectivity index (χ3v) is 2.05. The van der Waals surface area contributed by atoms with Crippen molar-refractivity contribution < 1.29 is 0 Å². The van der Waals surface area contributed by atoms with Gasteiger partial charge in [0, 0.05) is 12.2 Å². The van der Waals surface area contributed by atoms with Gasteiger partial charge in [-0.3, -0.25) is 14.3 Å². The second-order valence-electron chi connectivity index (χ2n) is 2.74. The zero-order valence-corrected chi connectivity index (χ0v) is 8.38. The summed E-state index contributed by atoms with van der Waals surface area (Å²) < 4.78 is 1.82. The number of hydrogen-bond donors (Lipinski definition) is 1. The minimum absolute atomic E-state index is 0.0469. The Morgan fingerprint density at radius 1 is 1.50 bits per heavy atom. The third kappa shape index (κ3) is 1.66. The summed E-state index contributed by atoms with van der Waals surface area (Å²) in [5, 5.41) is 0. The highest BCUT2D eigenvalue weighted by atomic mass is 79.9. The van der Waals surface area contributed by atoms with Crippen LogP contribution in [0.25, 0.3) is 0 Å². The van der Waals surface area contributed by atoms with Crippen molar-refractivity contribution in [3.63, 3.8) is 0 Å². The van der Waals surface area contributed by atoms with E-state index in [1.165, 1.54) is 10.8 Å². The normalized spacial score (nSPS) is 10.7. The van der Waals surface area contributed by atoms with Gasteiger partial charge in [0.25, 0.3) is 5.56 Å². The molecule has 0 aromatic carbocycles. The third-order valence-electron chi connectivity index (χ3n) is 1.48. The molecule has 1 aromatic heterocycles. The maximum Gasteiger partial charge on any atom is 0.328 e. The summed E-state index contributed by atoms with van der Waals surface area (Å²) >= 11 is 3.05. The second-order valence-corrected chi connectivity index (χ2v) is 3.59. The van der Waals surface area contributed by atoms with Crippen LogP contribution < -0.4 is 11.2 Å². The number of hydrogen-bond acceptors (Lipinski definition) is 2. The number of nitrogens with one attached hydrogen (secondary N) is 1. The van der Waals surface area contributed by atoms with E-state index < -0.39 is 5.56 Å². The Morgan fingerprint density at radius 2 is 2.08 bits per heavy atom. The minimum atomic E-state index is -0.392. The fraction of sp³-hybridized carbons (Fsp3) is 0.429. The van der Waals surface area contributed by atoms with Gasteiger partial charge in [0.2, 0.25) is 0 Å². The molecule has 0 aliphatic heterocycles. The van der Waals surface area contributed by atoms with Crippen molar-refractivity contribution >= 4 is 15.9 Å². The summed E-state index contributed by atoms with van der Waals surface area (Å²) in [6.07, 6.45) is 1.49. The summed E-state index contributed by atoms with van der Waals surface area (Å²) in [5.41, 5.74) is -0.768. The monoisotopic (exact) mass is 232 g/mol. The van der Waals surface area contributed by atoms with E-state index in [1.54, 1.807) is 0 Å². The lowest BCUT2D eigenvalue weighted by molar-refractivity contribution is 0.559. The molecule has 0 aliphatic carbocycles. The molecule has 1 rings (SSSR count). The van der Waals surface area contributed by atoms with E-state index in [4.69, 9.17) is 0 Å². The van der Waals surface area contributed by atoms with Crippen molar-refractivity contribution in [2.24, 2.45) is 0 Å². The number of aromatic nitrogens is 2. The quantitative estimate of drug-likeness (QED) is 0.782. The maximum atomic E-state index is 11.1. The Labute approximate surface area is 77.4 Å². The molecule has 0 amide bonds. The van der Waals surface area contributed by atoms with Crippen LogP contribution in [0.3, 0.4) is 0 Å². The SMILES string of the molecule is CC(C)n1cc(Br)c(=O)[nH]c1=O. The average Bonchev–Trinajstić information content (AvgIpc) is 1.96. The van der Waals surface area contributed by atoms with Crippen LogP contribution in [0.1, 0.15) is 19.9 Å². The topological polar surface area (TPSA) is 54.9 Å². The van der Waals surface area contributed by atoms with Crippen molar-refractivity contribution in [3.05, 3.63) is 31.5 Å². The highest BCUT2D eigenvalue weighted by Crippen LogP contribution is 2.03. The van der Waals surface area contributed by atoms with Crippen molar-refractivity contribution in [2.75, 3.05) is 0 Å². The molecule has 0 saturated heterocycles. The van der Waals surface area contributed by atoms with E-state index in [0.717, 1.165) is 0 Å². The predicted molar refractivity (Wildman–Crippen MR) is 49.4 cm³/mol. The van der Waals surface area contributed by atoms with Crippen LogP contribution in [0.15, 0.2) is 20.3 Å². The highest BCUT2D eigenvalue weighted by molar-refractivity contribution is 9.10. The Hall–Kier alpha value is -0.840.